The predicted octanol–water partition coefficient (Wildman–Crippen LogP) is 10.3. The van der Waals surface area contributed by atoms with Gasteiger partial charge in [-0.05, 0) is 89.1 Å². The van der Waals surface area contributed by atoms with Crippen molar-refractivity contribution in [1.82, 2.24) is 0 Å². The Kier molecular flexibility index (Phi) is 11.3. The number of rotatable bonds is 8. The summed E-state index contributed by atoms with van der Waals surface area (Å²) in [6.07, 6.45) is -2.55. The van der Waals surface area contributed by atoms with Crippen LogP contribution in [0.15, 0.2) is 48.5 Å². The fourth-order valence-electron chi connectivity index (χ4n) is 4.72. The van der Waals surface area contributed by atoms with Gasteiger partial charge in [-0.1, -0.05) is 36.2 Å². The fourth-order valence-corrected chi connectivity index (χ4v) is 5.94. The van der Waals surface area contributed by atoms with Gasteiger partial charge in [-0.2, -0.15) is 4.90 Å². The van der Waals surface area contributed by atoms with E-state index in [1.165, 1.54) is 65.0 Å². The highest BCUT2D eigenvalue weighted by Gasteiger charge is 2.67. The van der Waals surface area contributed by atoms with Gasteiger partial charge < -0.3 is 20.1 Å². The van der Waals surface area contributed by atoms with E-state index in [9.17, 15) is 23.6 Å². The van der Waals surface area contributed by atoms with Crippen LogP contribution < -0.4 is 15.5 Å². The van der Waals surface area contributed by atoms with Crippen molar-refractivity contribution in [3.05, 3.63) is 87.2 Å². The number of hydrogen-bond acceptors (Lipinski definition) is 6. The van der Waals surface area contributed by atoms with E-state index in [-0.39, 0.29) is 26.2 Å². The average molecular weight is 777 g/mol. The van der Waals surface area contributed by atoms with Crippen LogP contribution in [0.2, 0.25) is 10.0 Å². The first-order chi connectivity index (χ1) is 23.1. The summed E-state index contributed by atoms with van der Waals surface area (Å²) in [6.45, 7) is 9.23. The lowest BCUT2D eigenvalue weighted by Crippen LogP contribution is -2.45. The third kappa shape index (κ3) is 8.59. The quantitative estimate of drug-likeness (QED) is 0.220. The number of amides is 4. The Morgan fingerprint density at radius 3 is 2.06 bits per heavy atom. The highest BCUT2D eigenvalue weighted by atomic mass is 35.5. The number of hydrogen-bond donors (Lipinski definition) is 2. The Balaban J connectivity index is 1.60. The number of nitrogens with zero attached hydrogens (tertiary/aromatic N) is 1. The zero-order valence-corrected chi connectivity index (χ0v) is 30.5. The van der Waals surface area contributed by atoms with Crippen molar-refractivity contribution in [1.29, 1.82) is 0 Å². The molecule has 0 saturated heterocycles. The highest BCUT2D eigenvalue weighted by molar-refractivity contribution is 6.53. The number of benzene rings is 3. The van der Waals surface area contributed by atoms with Crippen molar-refractivity contribution in [2.24, 2.45) is 5.92 Å². The third-order valence-electron chi connectivity index (χ3n) is 7.63. The van der Waals surface area contributed by atoms with Crippen LogP contribution in [0.3, 0.4) is 0 Å². The van der Waals surface area contributed by atoms with Gasteiger partial charge in [0.05, 0.1) is 27.2 Å². The van der Waals surface area contributed by atoms with Gasteiger partial charge in [-0.15, -0.1) is 23.2 Å². The Labute approximate surface area is 306 Å². The van der Waals surface area contributed by atoms with Crippen molar-refractivity contribution in [3.8, 4) is 0 Å². The molecule has 0 heterocycles. The summed E-state index contributed by atoms with van der Waals surface area (Å²) in [5, 5.41) is 4.56. The molecule has 1 aliphatic carbocycles. The number of ether oxygens (including phenoxy) is 2. The number of alkyl halides is 2. The Bertz CT molecular complexity index is 1870. The Hall–Kier alpha value is -3.71. The molecule has 1 saturated carbocycles. The molecule has 16 heteroatoms. The molecule has 50 heavy (non-hydrogen) atoms. The van der Waals surface area contributed by atoms with Gasteiger partial charge in [0, 0.05) is 11.6 Å². The molecule has 3 aromatic rings. The summed E-state index contributed by atoms with van der Waals surface area (Å²) >= 11 is 24.9. The Morgan fingerprint density at radius 1 is 0.840 bits per heavy atom. The van der Waals surface area contributed by atoms with Crippen LogP contribution >= 0.6 is 46.4 Å². The largest absolute Gasteiger partial charge is 0.443 e. The summed E-state index contributed by atoms with van der Waals surface area (Å²) in [5.41, 5.74) is -3.83. The fraction of sp³-hybridized carbons (Fsp3) is 0.353. The number of imide groups is 1. The smallest absolute Gasteiger partial charge is 0.424 e. The molecule has 9 nitrogen and oxygen atoms in total. The molecule has 0 spiro atoms. The molecule has 0 aromatic heterocycles. The zero-order valence-electron chi connectivity index (χ0n) is 27.5. The first-order valence-corrected chi connectivity index (χ1v) is 16.6. The number of halogens is 7. The van der Waals surface area contributed by atoms with Crippen molar-refractivity contribution in [3.63, 3.8) is 0 Å². The van der Waals surface area contributed by atoms with Crippen LogP contribution in [0.1, 0.15) is 69.8 Å². The van der Waals surface area contributed by atoms with Crippen molar-refractivity contribution < 1.29 is 41.8 Å². The summed E-state index contributed by atoms with van der Waals surface area (Å²) in [5.74, 6) is -6.84. The van der Waals surface area contributed by atoms with E-state index in [4.69, 9.17) is 55.9 Å². The summed E-state index contributed by atoms with van der Waals surface area (Å²) < 4.78 is 54.0. The second kappa shape index (κ2) is 14.5. The predicted molar refractivity (Wildman–Crippen MR) is 186 cm³/mol. The van der Waals surface area contributed by atoms with E-state index in [1.54, 1.807) is 6.92 Å². The summed E-state index contributed by atoms with van der Waals surface area (Å²) in [7, 11) is 0. The molecule has 0 aliphatic heterocycles. The van der Waals surface area contributed by atoms with E-state index >= 15 is 8.78 Å². The van der Waals surface area contributed by atoms with Crippen LogP contribution in [0.5, 0.6) is 0 Å². The van der Waals surface area contributed by atoms with Gasteiger partial charge >= 0.3 is 12.2 Å². The molecular weight excluding hydrogens is 745 g/mol. The number of carbonyl (C=O) groups is 4. The minimum absolute atomic E-state index is 0.0743. The maximum atomic E-state index is 16.0. The normalized spacial score (nSPS) is 16.7. The van der Waals surface area contributed by atoms with Gasteiger partial charge in [0.1, 0.15) is 27.0 Å². The van der Waals surface area contributed by atoms with E-state index < -0.39 is 80.2 Å². The molecule has 1 fully saturated rings. The molecule has 4 rings (SSSR count). The summed E-state index contributed by atoms with van der Waals surface area (Å²) in [6, 6.07) is 9.30. The average Bonchev–Trinajstić information content (AvgIpc) is 3.59. The first-order valence-electron chi connectivity index (χ1n) is 15.1. The van der Waals surface area contributed by atoms with Crippen molar-refractivity contribution in [2.45, 2.75) is 69.4 Å². The first kappa shape index (κ1) is 39.1. The Morgan fingerprint density at radius 2 is 1.46 bits per heavy atom. The molecule has 268 valence electrons. The lowest BCUT2D eigenvalue weighted by Gasteiger charge is -2.30. The number of nitrogens with one attached hydrogen (secondary N) is 2. The molecule has 3 aromatic carbocycles. The van der Waals surface area contributed by atoms with E-state index in [0.29, 0.717) is 12.0 Å². The second-order valence-electron chi connectivity index (χ2n) is 13.0. The van der Waals surface area contributed by atoms with Gasteiger partial charge in [0.15, 0.2) is 11.6 Å². The standard InChI is InChI=1S/C34H32Cl4F3N3O6/c1-7-33(5,6)50-31(48)44(30(47)49-32(2,3)4)27-22(40)12-13-23(26(27)41)43-28(45)18-15-17(9-10-19(18)35)42-29(46)25-24(34(25,37)38)16-8-11-21(39)20(36)14-16/h8-15,24-25H,7H2,1-6H3,(H,42,46)(H,43,45)/t24-,25+/m0/s1. The lowest BCUT2D eigenvalue weighted by atomic mass is 10.1. The molecule has 0 bridgehead atoms. The van der Waals surface area contributed by atoms with Crippen LogP contribution in [-0.4, -0.2) is 39.5 Å². The van der Waals surface area contributed by atoms with E-state index in [2.05, 4.69) is 10.6 Å². The van der Waals surface area contributed by atoms with Crippen molar-refractivity contribution >= 4 is 87.5 Å². The van der Waals surface area contributed by atoms with E-state index in [1.807, 2.05) is 0 Å². The minimum atomic E-state index is -1.54. The maximum absolute atomic E-state index is 16.0. The topological polar surface area (TPSA) is 114 Å². The maximum Gasteiger partial charge on any atom is 0.424 e. The molecule has 0 radical (unpaired) electrons. The second-order valence-corrected chi connectivity index (χ2v) is 15.3. The van der Waals surface area contributed by atoms with Gasteiger partial charge in [-0.25, -0.2) is 22.8 Å². The summed E-state index contributed by atoms with van der Waals surface area (Å²) in [4.78, 5) is 52.9. The lowest BCUT2D eigenvalue weighted by molar-refractivity contribution is -0.117. The zero-order chi connectivity index (χ0) is 37.5. The van der Waals surface area contributed by atoms with E-state index in [0.717, 1.165) is 18.2 Å². The SMILES string of the molecule is CCC(C)(C)OC(=O)N(C(=O)OC(C)(C)C)c1c(F)ccc(NC(=O)c2cc(NC(=O)[C@H]3[C@H](c4ccc(F)c(Cl)c4)C3(Cl)Cl)ccc2Cl)c1F. The van der Waals surface area contributed by atoms with Gasteiger partial charge in [0.25, 0.3) is 5.91 Å². The minimum Gasteiger partial charge on any atom is -0.443 e. The molecular formula is C34H32Cl4F3N3O6. The monoisotopic (exact) mass is 775 g/mol. The van der Waals surface area contributed by atoms with Gasteiger partial charge in [-0.3, -0.25) is 9.59 Å². The van der Waals surface area contributed by atoms with Gasteiger partial charge in [0.2, 0.25) is 5.91 Å². The number of anilines is 3. The number of carbonyl (C=O) groups excluding carboxylic acids is 4. The molecule has 2 atom stereocenters. The molecule has 4 amide bonds. The highest BCUT2D eigenvalue weighted by Crippen LogP contribution is 2.65. The van der Waals surface area contributed by atoms with Crippen LogP contribution in [0, 0.1) is 23.4 Å². The molecule has 0 unspecified atom stereocenters. The molecule has 1 aliphatic rings. The van der Waals surface area contributed by atoms with Crippen LogP contribution in [-0.2, 0) is 14.3 Å². The van der Waals surface area contributed by atoms with Crippen LogP contribution in [0.25, 0.3) is 0 Å². The van der Waals surface area contributed by atoms with Crippen molar-refractivity contribution in [2.75, 3.05) is 15.5 Å². The molecule has 2 N–H and O–H groups in total. The van der Waals surface area contributed by atoms with Crippen LogP contribution in [0.4, 0.5) is 39.8 Å². The third-order valence-corrected chi connectivity index (χ3v) is 9.19.